The second-order valence-electron chi connectivity index (χ2n) is 8.75. The molecule has 5 rings (SSSR count). The van der Waals surface area contributed by atoms with Gasteiger partial charge < -0.3 is 13.9 Å². The molecule has 170 valence electrons. The van der Waals surface area contributed by atoms with E-state index in [4.69, 9.17) is 4.42 Å². The monoisotopic (exact) mass is 463 g/mol. The molecule has 2 aromatic heterocycles. The smallest absolute Gasteiger partial charge is 0.416 e. The zero-order chi connectivity index (χ0) is 22.5. The van der Waals surface area contributed by atoms with Crippen molar-refractivity contribution in [3.05, 3.63) is 47.5 Å². The van der Waals surface area contributed by atoms with Gasteiger partial charge in [-0.15, -0.1) is 10.2 Å². The highest BCUT2D eigenvalue weighted by Crippen LogP contribution is 2.64. The van der Waals surface area contributed by atoms with Crippen molar-refractivity contribution in [3.8, 4) is 11.6 Å². The molecule has 10 heteroatoms. The van der Waals surface area contributed by atoms with Crippen LogP contribution in [0.25, 0.3) is 11.6 Å². The zero-order valence-electron chi connectivity index (χ0n) is 17.9. The Hall–Kier alpha value is -2.33. The summed E-state index contributed by atoms with van der Waals surface area (Å²) in [5.41, 5.74) is 1.47. The van der Waals surface area contributed by atoms with Gasteiger partial charge in [-0.2, -0.15) is 13.2 Å². The Morgan fingerprint density at radius 2 is 2.00 bits per heavy atom. The van der Waals surface area contributed by atoms with Crippen molar-refractivity contribution in [1.29, 1.82) is 0 Å². The van der Waals surface area contributed by atoms with E-state index in [0.29, 0.717) is 17.5 Å². The van der Waals surface area contributed by atoms with E-state index in [1.165, 1.54) is 18.5 Å². The average molecular weight is 464 g/mol. The normalized spacial score (nSPS) is 23.3. The molecule has 1 aliphatic heterocycles. The molecule has 1 saturated heterocycles. The Morgan fingerprint density at radius 1 is 1.22 bits per heavy atom. The Bertz CT molecular complexity index is 1110. The molecule has 6 nitrogen and oxygen atoms in total. The van der Waals surface area contributed by atoms with E-state index in [0.717, 1.165) is 54.6 Å². The largest absolute Gasteiger partial charge is 0.440 e. The van der Waals surface area contributed by atoms with Crippen LogP contribution in [0.3, 0.4) is 0 Å². The predicted octanol–water partition coefficient (Wildman–Crippen LogP) is 4.77. The number of rotatable bonds is 6. The summed E-state index contributed by atoms with van der Waals surface area (Å²) in [5.74, 6) is 2.56. The van der Waals surface area contributed by atoms with E-state index < -0.39 is 11.7 Å². The maximum Gasteiger partial charge on any atom is 0.416 e. The van der Waals surface area contributed by atoms with Crippen LogP contribution in [-0.2, 0) is 13.2 Å². The highest BCUT2D eigenvalue weighted by molar-refractivity contribution is 7.99. The van der Waals surface area contributed by atoms with Gasteiger partial charge in [0.25, 0.3) is 0 Å². The third kappa shape index (κ3) is 3.94. The lowest BCUT2D eigenvalue weighted by atomic mass is 9.97. The number of halogens is 3. The maximum absolute atomic E-state index is 12.8. The first-order valence-corrected chi connectivity index (χ1v) is 11.6. The molecule has 1 aliphatic carbocycles. The third-order valence-electron chi connectivity index (χ3n) is 6.72. The molecule has 32 heavy (non-hydrogen) atoms. The molecule has 0 N–H and O–H groups in total. The van der Waals surface area contributed by atoms with Gasteiger partial charge in [0.15, 0.2) is 17.3 Å². The topological polar surface area (TPSA) is 60.0 Å². The van der Waals surface area contributed by atoms with Gasteiger partial charge in [-0.3, -0.25) is 0 Å². The van der Waals surface area contributed by atoms with E-state index >= 15 is 0 Å². The molecule has 3 heterocycles. The highest BCUT2D eigenvalue weighted by Gasteiger charge is 2.57. The molecule has 2 atom stereocenters. The van der Waals surface area contributed by atoms with Crippen LogP contribution in [-0.4, -0.2) is 50.0 Å². The van der Waals surface area contributed by atoms with Crippen LogP contribution in [0.4, 0.5) is 13.2 Å². The number of oxazole rings is 1. The van der Waals surface area contributed by atoms with Crippen LogP contribution in [0.15, 0.2) is 40.2 Å². The molecular weight excluding hydrogens is 439 g/mol. The highest BCUT2D eigenvalue weighted by atomic mass is 32.2. The van der Waals surface area contributed by atoms with Crippen LogP contribution < -0.4 is 0 Å². The van der Waals surface area contributed by atoms with Gasteiger partial charge in [0, 0.05) is 25.9 Å². The number of nitrogens with zero attached hydrogens (tertiary/aromatic N) is 5. The number of benzene rings is 1. The fourth-order valence-corrected chi connectivity index (χ4v) is 5.68. The Morgan fingerprint density at radius 3 is 2.69 bits per heavy atom. The Balaban J connectivity index is 1.14. The van der Waals surface area contributed by atoms with Crippen LogP contribution in [0.5, 0.6) is 0 Å². The number of aryl methyl sites for hydroxylation is 1. The molecule has 0 radical (unpaired) electrons. The summed E-state index contributed by atoms with van der Waals surface area (Å²) < 4.78 is 45.8. The van der Waals surface area contributed by atoms with Gasteiger partial charge in [0.05, 0.1) is 11.3 Å². The van der Waals surface area contributed by atoms with Gasteiger partial charge in [0.2, 0.25) is 5.82 Å². The molecule has 0 bridgehead atoms. The average Bonchev–Trinajstić information content (AvgIpc) is 3.02. The summed E-state index contributed by atoms with van der Waals surface area (Å²) in [7, 11) is 1.92. The first kappa shape index (κ1) is 21.5. The molecule has 1 spiro atoms. The molecule has 1 saturated carbocycles. The molecular formula is C22H24F3N5OS. The van der Waals surface area contributed by atoms with Crippen molar-refractivity contribution in [2.75, 3.05) is 25.4 Å². The van der Waals surface area contributed by atoms with Crippen LogP contribution in [0.2, 0.25) is 0 Å². The lowest BCUT2D eigenvalue weighted by molar-refractivity contribution is -0.137. The Labute approximate surface area is 188 Å². The summed E-state index contributed by atoms with van der Waals surface area (Å²) in [6.07, 6.45) is -0.711. The van der Waals surface area contributed by atoms with Crippen molar-refractivity contribution in [2.45, 2.75) is 37.0 Å². The number of alkyl halides is 3. The lowest BCUT2D eigenvalue weighted by Crippen LogP contribution is -2.24. The van der Waals surface area contributed by atoms with Gasteiger partial charge >= 0.3 is 6.18 Å². The fraction of sp³-hybridized carbons (Fsp3) is 0.500. The van der Waals surface area contributed by atoms with Crippen molar-refractivity contribution in [1.82, 2.24) is 24.6 Å². The van der Waals surface area contributed by atoms with Crippen molar-refractivity contribution in [3.63, 3.8) is 0 Å². The Kier molecular flexibility index (Phi) is 5.32. The van der Waals surface area contributed by atoms with Crippen LogP contribution in [0, 0.1) is 12.3 Å². The summed E-state index contributed by atoms with van der Waals surface area (Å²) in [4.78, 5) is 6.56. The number of thioether (sulfide) groups is 1. The quantitative estimate of drug-likeness (QED) is 0.491. The maximum atomic E-state index is 12.8. The second-order valence-corrected chi connectivity index (χ2v) is 9.81. The van der Waals surface area contributed by atoms with Crippen molar-refractivity contribution in [2.24, 2.45) is 12.5 Å². The SMILES string of the molecule is Cc1ncoc1-c1nnc(SCCN2CC[C@@]3(C[C@H]3c3ccc(C(F)(F)F)cc3)C2)n1C. The van der Waals surface area contributed by atoms with Crippen molar-refractivity contribution >= 4 is 11.8 Å². The first-order chi connectivity index (χ1) is 15.3. The summed E-state index contributed by atoms with van der Waals surface area (Å²) >= 11 is 1.66. The van der Waals surface area contributed by atoms with Gasteiger partial charge in [-0.1, -0.05) is 23.9 Å². The van der Waals surface area contributed by atoms with E-state index in [9.17, 15) is 13.2 Å². The number of aromatic nitrogens is 4. The minimum atomic E-state index is -4.28. The van der Waals surface area contributed by atoms with Gasteiger partial charge in [-0.05, 0) is 55.3 Å². The third-order valence-corrected chi connectivity index (χ3v) is 7.72. The number of likely N-dealkylation sites (tertiary alicyclic amines) is 1. The number of hydrogen-bond donors (Lipinski definition) is 0. The molecule has 0 amide bonds. The van der Waals surface area contributed by atoms with E-state index in [1.807, 2.05) is 18.5 Å². The summed E-state index contributed by atoms with van der Waals surface area (Å²) in [6.45, 7) is 4.84. The van der Waals surface area contributed by atoms with E-state index in [1.54, 1.807) is 23.9 Å². The van der Waals surface area contributed by atoms with E-state index in [-0.39, 0.29) is 5.41 Å². The first-order valence-electron chi connectivity index (χ1n) is 10.6. The summed E-state index contributed by atoms with van der Waals surface area (Å²) in [5, 5.41) is 9.36. The minimum absolute atomic E-state index is 0.228. The van der Waals surface area contributed by atoms with E-state index in [2.05, 4.69) is 20.1 Å². The molecule has 3 aromatic rings. The van der Waals surface area contributed by atoms with Crippen molar-refractivity contribution < 1.29 is 17.6 Å². The van der Waals surface area contributed by atoms with Gasteiger partial charge in [0.1, 0.15) is 0 Å². The number of hydrogen-bond acceptors (Lipinski definition) is 6. The predicted molar refractivity (Wildman–Crippen MR) is 114 cm³/mol. The molecule has 2 aliphatic rings. The van der Waals surface area contributed by atoms with Gasteiger partial charge in [-0.25, -0.2) is 4.98 Å². The summed E-state index contributed by atoms with van der Waals surface area (Å²) in [6, 6.07) is 5.73. The van der Waals surface area contributed by atoms with Crippen LogP contribution in [0.1, 0.15) is 35.6 Å². The minimum Gasteiger partial charge on any atom is -0.440 e. The zero-order valence-corrected chi connectivity index (χ0v) is 18.7. The molecule has 2 fully saturated rings. The lowest BCUT2D eigenvalue weighted by Gasteiger charge is -2.16. The standard InChI is InChI=1S/C22H24F3N5OS/c1-14-18(31-13-26-14)19-27-28-20(29(19)2)32-10-9-30-8-7-21(12-30)11-17(21)15-3-5-16(6-4-15)22(23,24)25/h3-6,13,17H,7-12H2,1-2H3/t17-,21+/m0/s1. The molecule has 1 aromatic carbocycles. The molecule has 0 unspecified atom stereocenters. The second kappa shape index (κ2) is 7.91. The fourth-order valence-electron chi connectivity index (χ4n) is 4.77. The van der Waals surface area contributed by atoms with Crippen LogP contribution >= 0.6 is 11.8 Å².